The first kappa shape index (κ1) is 37.5. The third-order valence-electron chi connectivity index (χ3n) is 7.39. The number of nitrogen functional groups attached to an aromatic ring is 1. The summed E-state index contributed by atoms with van der Waals surface area (Å²) in [5.74, 6) is -1.69. The summed E-state index contributed by atoms with van der Waals surface area (Å²) < 4.78 is 35.2. The second kappa shape index (κ2) is 17.8. The average molecular weight is 682 g/mol. The van der Waals surface area contributed by atoms with Crippen molar-refractivity contribution in [1.29, 1.82) is 0 Å². The zero-order chi connectivity index (χ0) is 34.7. The quantitative estimate of drug-likeness (QED) is 0.0784. The van der Waals surface area contributed by atoms with Gasteiger partial charge in [-0.15, -0.1) is 0 Å². The topological polar surface area (TPSA) is 116 Å². The number of pyridine rings is 1. The van der Waals surface area contributed by atoms with E-state index in [0.717, 1.165) is 30.0 Å². The summed E-state index contributed by atoms with van der Waals surface area (Å²) in [6.07, 6.45) is 5.45. The van der Waals surface area contributed by atoms with E-state index < -0.39 is 17.6 Å². The maximum atomic E-state index is 15.1. The lowest BCUT2D eigenvalue weighted by Crippen LogP contribution is -2.29. The number of carbonyl (C=O) groups excluding carboxylic acids is 1. The average Bonchev–Trinajstić information content (AvgIpc) is 3.91. The molecule has 1 aliphatic carbocycles. The third kappa shape index (κ3) is 9.53. The Morgan fingerprint density at radius 2 is 1.77 bits per heavy atom. The number of hydrogen-bond donors (Lipinski definition) is 4. The Bertz CT molecular complexity index is 1700. The summed E-state index contributed by atoms with van der Waals surface area (Å²) in [4.78, 5) is 22.8. The van der Waals surface area contributed by atoms with E-state index in [0.29, 0.717) is 46.5 Å². The van der Waals surface area contributed by atoms with Crippen LogP contribution in [0.5, 0.6) is 5.75 Å². The second-order valence-electron chi connectivity index (χ2n) is 10.7. The number of hydrogen-bond acceptors (Lipinski definition) is 7. The Morgan fingerprint density at radius 3 is 2.40 bits per heavy atom. The maximum Gasteiger partial charge on any atom is 0.251 e. The minimum absolute atomic E-state index is 0.139. The van der Waals surface area contributed by atoms with E-state index in [2.05, 4.69) is 28.7 Å². The van der Waals surface area contributed by atoms with E-state index in [9.17, 15) is 9.18 Å². The highest BCUT2D eigenvalue weighted by molar-refractivity contribution is 7.79. The standard InChI is InChI=1S/C34H33ClF2N4O2.CH5N.CH4S/c1-4-43-33-20(3)13-30(41-32(33)25-12-19(2)28(36)16-29(25)37)26(21-8-6-5-7-9-21)18-40-34(42)22-14-23(17-39-24-10-11-24)31(38)27(35)15-22;2*1-2/h5-9,12-17,24,26H,4,10-11,18,38H2,1-3H3,(H,40,42);2H2,1H3;2H,1H3. The van der Waals surface area contributed by atoms with Crippen molar-refractivity contribution < 1.29 is 18.3 Å². The predicted octanol–water partition coefficient (Wildman–Crippen LogP) is 7.54. The van der Waals surface area contributed by atoms with Gasteiger partial charge >= 0.3 is 0 Å². The molecule has 1 unspecified atom stereocenters. The second-order valence-corrected chi connectivity index (χ2v) is 11.1. The van der Waals surface area contributed by atoms with Gasteiger partial charge in [0.1, 0.15) is 23.1 Å². The number of nitrogens with one attached hydrogen (secondary N) is 1. The molecule has 1 fully saturated rings. The molecule has 1 heterocycles. The number of halogens is 3. The number of anilines is 1. The highest BCUT2D eigenvalue weighted by Gasteiger charge is 2.24. The molecule has 4 aromatic rings. The van der Waals surface area contributed by atoms with Crippen LogP contribution in [0.15, 0.2) is 65.7 Å². The highest BCUT2D eigenvalue weighted by Crippen LogP contribution is 2.37. The van der Waals surface area contributed by atoms with Gasteiger partial charge < -0.3 is 21.5 Å². The number of ether oxygens (including phenoxy) is 1. The van der Waals surface area contributed by atoms with Crippen molar-refractivity contribution in [2.45, 2.75) is 45.6 Å². The molecule has 0 aliphatic heterocycles. The van der Waals surface area contributed by atoms with Crippen molar-refractivity contribution in [2.75, 3.05) is 32.2 Å². The number of rotatable bonds is 10. The van der Waals surface area contributed by atoms with Gasteiger partial charge in [-0.25, -0.2) is 13.8 Å². The van der Waals surface area contributed by atoms with Gasteiger partial charge in [-0.05, 0) is 87.9 Å². The predicted molar refractivity (Wildman–Crippen MR) is 192 cm³/mol. The summed E-state index contributed by atoms with van der Waals surface area (Å²) in [7, 11) is 1.50. The van der Waals surface area contributed by atoms with Gasteiger partial charge in [-0.2, -0.15) is 12.6 Å². The van der Waals surface area contributed by atoms with Gasteiger partial charge in [0.2, 0.25) is 0 Å². The van der Waals surface area contributed by atoms with E-state index in [1.54, 1.807) is 25.5 Å². The molecule has 0 bridgehead atoms. The number of benzene rings is 3. The van der Waals surface area contributed by atoms with Gasteiger partial charge in [-0.1, -0.05) is 41.9 Å². The first-order valence-electron chi connectivity index (χ1n) is 15.2. The number of amides is 1. The van der Waals surface area contributed by atoms with E-state index in [1.807, 2.05) is 50.2 Å². The number of thiol groups is 1. The molecular formula is C36H42ClF2N5O2S. The molecule has 1 aliphatic rings. The lowest BCUT2D eigenvalue weighted by molar-refractivity contribution is 0.0952. The van der Waals surface area contributed by atoms with Gasteiger partial charge in [0.15, 0.2) is 0 Å². The number of aliphatic imine (C=N–C) groups is 1. The summed E-state index contributed by atoms with van der Waals surface area (Å²) >= 11 is 9.90. The molecule has 0 saturated heterocycles. The SMILES string of the molecule is CCOc1c(C)cc(C(CNC(=O)c2cc(Cl)c(N)c(C=NC3CC3)c2)c2ccccc2)nc1-c1cc(C)c(F)cc1F.CN.CS. The van der Waals surface area contributed by atoms with E-state index in [4.69, 9.17) is 27.1 Å². The van der Waals surface area contributed by atoms with Crippen molar-refractivity contribution in [1.82, 2.24) is 10.3 Å². The number of nitrogens with zero attached hydrogens (tertiary/aromatic N) is 2. The van der Waals surface area contributed by atoms with Crippen LogP contribution in [0.3, 0.4) is 0 Å². The van der Waals surface area contributed by atoms with Crippen LogP contribution in [0, 0.1) is 25.5 Å². The van der Waals surface area contributed by atoms with Gasteiger partial charge in [0, 0.05) is 41.4 Å². The summed E-state index contributed by atoms with van der Waals surface area (Å²) in [6.45, 7) is 5.78. The van der Waals surface area contributed by atoms with Crippen molar-refractivity contribution in [3.63, 3.8) is 0 Å². The van der Waals surface area contributed by atoms with Crippen molar-refractivity contribution in [2.24, 2.45) is 10.7 Å². The van der Waals surface area contributed by atoms with Crippen LogP contribution in [0.1, 0.15) is 64.0 Å². The number of nitrogens with two attached hydrogens (primary N) is 2. The summed E-state index contributed by atoms with van der Waals surface area (Å²) in [6, 6.07) is 17.3. The zero-order valence-electron chi connectivity index (χ0n) is 27.3. The number of aromatic nitrogens is 1. The van der Waals surface area contributed by atoms with Crippen LogP contribution in [0.2, 0.25) is 5.02 Å². The Morgan fingerprint density at radius 1 is 1.09 bits per heavy atom. The molecule has 1 aromatic heterocycles. The maximum absolute atomic E-state index is 15.1. The molecule has 5 rings (SSSR count). The summed E-state index contributed by atoms with van der Waals surface area (Å²) in [5, 5.41) is 3.29. The lowest BCUT2D eigenvalue weighted by Gasteiger charge is -2.22. The van der Waals surface area contributed by atoms with Gasteiger partial charge in [-0.3, -0.25) is 9.79 Å². The molecule has 5 N–H and O–H groups in total. The minimum atomic E-state index is -0.737. The highest BCUT2D eigenvalue weighted by atomic mass is 35.5. The van der Waals surface area contributed by atoms with E-state index >= 15 is 4.39 Å². The monoisotopic (exact) mass is 681 g/mol. The fraction of sp³-hybridized carbons (Fsp3) is 0.306. The number of aryl methyl sites for hydroxylation is 2. The lowest BCUT2D eigenvalue weighted by atomic mass is 9.93. The van der Waals surface area contributed by atoms with Gasteiger partial charge in [0.05, 0.1) is 29.1 Å². The molecule has 3 aromatic carbocycles. The largest absolute Gasteiger partial charge is 0.491 e. The van der Waals surface area contributed by atoms with Crippen molar-refractivity contribution in [3.05, 3.63) is 111 Å². The normalized spacial score (nSPS) is 12.8. The van der Waals surface area contributed by atoms with Crippen LogP contribution in [-0.4, -0.2) is 49.6 Å². The molecule has 11 heteroatoms. The van der Waals surface area contributed by atoms with Crippen LogP contribution >= 0.6 is 24.2 Å². The fourth-order valence-corrected chi connectivity index (χ4v) is 5.10. The van der Waals surface area contributed by atoms with Crippen LogP contribution < -0.4 is 21.5 Å². The van der Waals surface area contributed by atoms with E-state index in [1.165, 1.54) is 19.2 Å². The Kier molecular flexibility index (Phi) is 14.2. The molecule has 1 saturated carbocycles. The molecule has 47 heavy (non-hydrogen) atoms. The smallest absolute Gasteiger partial charge is 0.251 e. The molecular weight excluding hydrogens is 640 g/mol. The molecule has 0 radical (unpaired) electrons. The van der Waals surface area contributed by atoms with Crippen LogP contribution in [-0.2, 0) is 0 Å². The Balaban J connectivity index is 0.00000144. The molecule has 7 nitrogen and oxygen atoms in total. The first-order chi connectivity index (χ1) is 22.7. The van der Waals surface area contributed by atoms with E-state index in [-0.39, 0.29) is 28.7 Å². The summed E-state index contributed by atoms with van der Waals surface area (Å²) in [5.41, 5.74) is 14.9. The number of carbonyl (C=O) groups is 1. The molecule has 0 spiro atoms. The van der Waals surface area contributed by atoms with Crippen molar-refractivity contribution in [3.8, 4) is 17.0 Å². The Labute approximate surface area is 286 Å². The molecule has 1 amide bonds. The first-order valence-corrected chi connectivity index (χ1v) is 16.5. The molecule has 1 atom stereocenters. The Hall–Kier alpha value is -3.99. The van der Waals surface area contributed by atoms with Crippen molar-refractivity contribution >= 4 is 42.0 Å². The fourth-order valence-electron chi connectivity index (χ4n) is 4.87. The van der Waals surface area contributed by atoms with Gasteiger partial charge in [0.25, 0.3) is 5.91 Å². The van der Waals surface area contributed by atoms with Crippen LogP contribution in [0.4, 0.5) is 14.5 Å². The zero-order valence-corrected chi connectivity index (χ0v) is 28.9. The molecule has 250 valence electrons. The minimum Gasteiger partial charge on any atom is -0.491 e. The van der Waals surface area contributed by atoms with Crippen LogP contribution in [0.25, 0.3) is 11.3 Å². The third-order valence-corrected chi connectivity index (χ3v) is 7.70.